The summed E-state index contributed by atoms with van der Waals surface area (Å²) in [6.07, 6.45) is 1.38. The largest absolute Gasteiger partial charge is 0.496 e. The summed E-state index contributed by atoms with van der Waals surface area (Å²) in [6.45, 7) is 0.565. The smallest absolute Gasteiger partial charge is 0.271 e. The SMILES string of the molecule is COc1cccc2[nH]c(C(=O)N3[C@H]4CC[C@@H]([C@H]3C(=O)N[C@H](C#N)C[C@H]3CCCNC3=O)C(F)(F)C4)cc12. The van der Waals surface area contributed by atoms with Crippen LogP contribution in [0.25, 0.3) is 10.9 Å². The van der Waals surface area contributed by atoms with Gasteiger partial charge >= 0.3 is 0 Å². The van der Waals surface area contributed by atoms with Gasteiger partial charge in [0.25, 0.3) is 11.8 Å². The number of methoxy groups -OCH3 is 1. The number of hydrogen-bond acceptors (Lipinski definition) is 5. The van der Waals surface area contributed by atoms with Crippen molar-refractivity contribution in [2.75, 3.05) is 13.7 Å². The summed E-state index contributed by atoms with van der Waals surface area (Å²) >= 11 is 0. The predicted molar refractivity (Wildman–Crippen MR) is 129 cm³/mol. The summed E-state index contributed by atoms with van der Waals surface area (Å²) in [6, 6.07) is 5.59. The lowest BCUT2D eigenvalue weighted by atomic mass is 9.71. The van der Waals surface area contributed by atoms with Crippen molar-refractivity contribution in [2.45, 2.75) is 62.6 Å². The Kier molecular flexibility index (Phi) is 6.52. The van der Waals surface area contributed by atoms with Gasteiger partial charge in [-0.2, -0.15) is 5.26 Å². The number of halogens is 2. The summed E-state index contributed by atoms with van der Waals surface area (Å²) in [4.78, 5) is 43.6. The molecule has 4 heterocycles. The molecule has 3 aliphatic heterocycles. The van der Waals surface area contributed by atoms with Crippen LogP contribution in [0, 0.1) is 23.2 Å². The molecule has 37 heavy (non-hydrogen) atoms. The van der Waals surface area contributed by atoms with Crippen LogP contribution < -0.4 is 15.4 Å². The Morgan fingerprint density at radius 3 is 2.84 bits per heavy atom. The lowest BCUT2D eigenvalue weighted by molar-refractivity contribution is -0.179. The fourth-order valence-electron chi connectivity index (χ4n) is 6.10. The van der Waals surface area contributed by atoms with Gasteiger partial charge in [0, 0.05) is 35.8 Å². The average molecular weight is 514 g/mol. The Hall–Kier alpha value is -3.68. The molecule has 3 N–H and O–H groups in total. The van der Waals surface area contributed by atoms with Crippen LogP contribution in [0.4, 0.5) is 8.78 Å². The normalized spacial score (nSPS) is 27.3. The molecule has 1 aliphatic carbocycles. The van der Waals surface area contributed by atoms with E-state index in [0.29, 0.717) is 36.0 Å². The molecule has 196 valence electrons. The van der Waals surface area contributed by atoms with Crippen LogP contribution in [0.3, 0.4) is 0 Å². The van der Waals surface area contributed by atoms with Crippen molar-refractivity contribution in [1.82, 2.24) is 20.5 Å². The van der Waals surface area contributed by atoms with Crippen LogP contribution in [-0.4, -0.2) is 65.3 Å². The maximum atomic E-state index is 15.0. The molecule has 2 bridgehead atoms. The van der Waals surface area contributed by atoms with E-state index in [1.165, 1.54) is 12.0 Å². The van der Waals surface area contributed by atoms with Crippen molar-refractivity contribution >= 4 is 28.6 Å². The van der Waals surface area contributed by atoms with Gasteiger partial charge in [0.2, 0.25) is 11.8 Å². The Morgan fingerprint density at radius 1 is 1.32 bits per heavy atom. The van der Waals surface area contributed by atoms with Gasteiger partial charge in [-0.1, -0.05) is 6.07 Å². The molecule has 3 amide bonds. The molecule has 2 aromatic rings. The summed E-state index contributed by atoms with van der Waals surface area (Å²) in [7, 11) is 1.51. The van der Waals surface area contributed by atoms with E-state index in [9.17, 15) is 28.4 Å². The number of H-pyrrole nitrogens is 1. The molecule has 0 spiro atoms. The van der Waals surface area contributed by atoms with E-state index < -0.39 is 54.1 Å². The van der Waals surface area contributed by atoms with Gasteiger partial charge in [-0.15, -0.1) is 0 Å². The van der Waals surface area contributed by atoms with Crippen LogP contribution >= 0.6 is 0 Å². The second-order valence-electron chi connectivity index (χ2n) is 10.1. The number of rotatable bonds is 6. The molecule has 11 heteroatoms. The number of aromatic nitrogens is 1. The van der Waals surface area contributed by atoms with Gasteiger partial charge in [0.15, 0.2) is 0 Å². The van der Waals surface area contributed by atoms with Crippen molar-refractivity contribution in [3.05, 3.63) is 30.0 Å². The number of nitrogens with zero attached hydrogens (tertiary/aromatic N) is 2. The van der Waals surface area contributed by atoms with E-state index in [-0.39, 0.29) is 24.4 Å². The lowest BCUT2D eigenvalue weighted by Gasteiger charge is -2.53. The van der Waals surface area contributed by atoms with E-state index >= 15 is 0 Å². The zero-order valence-corrected chi connectivity index (χ0v) is 20.4. The summed E-state index contributed by atoms with van der Waals surface area (Å²) in [5.41, 5.74) is 0.815. The van der Waals surface area contributed by atoms with Gasteiger partial charge in [0.05, 0.1) is 19.1 Å². The molecular weight excluding hydrogens is 484 g/mol. The molecule has 3 saturated heterocycles. The quantitative estimate of drug-likeness (QED) is 0.547. The number of nitrogens with one attached hydrogen (secondary N) is 3. The topological polar surface area (TPSA) is 127 Å². The van der Waals surface area contributed by atoms with Gasteiger partial charge in [-0.05, 0) is 50.3 Å². The molecule has 1 aromatic carbocycles. The van der Waals surface area contributed by atoms with E-state index in [4.69, 9.17) is 4.74 Å². The summed E-state index contributed by atoms with van der Waals surface area (Å²) in [5.74, 6) is -5.90. The Morgan fingerprint density at radius 2 is 2.14 bits per heavy atom. The number of nitriles is 1. The highest BCUT2D eigenvalue weighted by molar-refractivity contribution is 6.02. The zero-order valence-electron chi connectivity index (χ0n) is 20.4. The minimum absolute atomic E-state index is 0.0844. The van der Waals surface area contributed by atoms with E-state index in [1.807, 2.05) is 6.07 Å². The zero-order chi connectivity index (χ0) is 26.3. The Labute approximate surface area is 212 Å². The molecule has 4 aliphatic rings. The lowest BCUT2D eigenvalue weighted by Crippen LogP contribution is -2.68. The van der Waals surface area contributed by atoms with Crippen LogP contribution in [0.1, 0.15) is 49.0 Å². The molecule has 0 unspecified atom stereocenters. The van der Waals surface area contributed by atoms with Crippen molar-refractivity contribution in [2.24, 2.45) is 11.8 Å². The first-order valence-corrected chi connectivity index (χ1v) is 12.6. The Bertz CT molecular complexity index is 1270. The number of alkyl halides is 2. The van der Waals surface area contributed by atoms with Crippen LogP contribution in [0.2, 0.25) is 0 Å². The number of aromatic amines is 1. The first-order chi connectivity index (χ1) is 17.7. The predicted octanol–water partition coefficient (Wildman–Crippen LogP) is 2.73. The van der Waals surface area contributed by atoms with Gasteiger partial charge in [0.1, 0.15) is 23.5 Å². The van der Waals surface area contributed by atoms with Crippen LogP contribution in [0.15, 0.2) is 24.3 Å². The third-order valence-electron chi connectivity index (χ3n) is 7.90. The molecule has 1 aromatic heterocycles. The number of amides is 3. The number of carbonyl (C=O) groups is 3. The fourth-order valence-corrected chi connectivity index (χ4v) is 6.10. The highest BCUT2D eigenvalue weighted by Crippen LogP contribution is 2.49. The molecule has 5 atom stereocenters. The highest BCUT2D eigenvalue weighted by Gasteiger charge is 2.60. The number of ether oxygens (including phenoxy) is 1. The van der Waals surface area contributed by atoms with Gasteiger partial charge in [-0.25, -0.2) is 8.78 Å². The number of piperidine rings is 3. The van der Waals surface area contributed by atoms with E-state index in [1.54, 1.807) is 24.3 Å². The number of benzene rings is 1. The summed E-state index contributed by atoms with van der Waals surface area (Å²) in [5, 5.41) is 15.6. The maximum Gasteiger partial charge on any atom is 0.271 e. The number of hydrogen-bond donors (Lipinski definition) is 3. The van der Waals surface area contributed by atoms with Crippen molar-refractivity contribution < 1.29 is 27.9 Å². The monoisotopic (exact) mass is 513 g/mol. The second-order valence-corrected chi connectivity index (χ2v) is 10.1. The van der Waals surface area contributed by atoms with E-state index in [0.717, 1.165) is 6.42 Å². The highest BCUT2D eigenvalue weighted by atomic mass is 19.3. The average Bonchev–Trinajstić information content (AvgIpc) is 3.33. The molecule has 4 fully saturated rings. The third kappa shape index (κ3) is 4.49. The minimum Gasteiger partial charge on any atom is -0.496 e. The number of fused-ring (bicyclic) bond motifs is 4. The molecular formula is C26H29F2N5O4. The van der Waals surface area contributed by atoms with Crippen molar-refractivity contribution in [3.8, 4) is 11.8 Å². The van der Waals surface area contributed by atoms with Crippen LogP contribution in [0.5, 0.6) is 5.75 Å². The second kappa shape index (κ2) is 9.65. The molecule has 1 saturated carbocycles. The third-order valence-corrected chi connectivity index (χ3v) is 7.90. The first kappa shape index (κ1) is 25.0. The Balaban J connectivity index is 1.42. The standard InChI is InChI=1S/C26H29F2N5O4/c1-37-21-6-2-5-19-17(21)11-20(32-19)25(36)33-16-7-8-18(26(27,28)12-16)22(33)24(35)31-15(13-29)10-14-4-3-9-30-23(14)34/h2,5-6,11,14-16,18,22,32H,3-4,7-10,12H2,1H3,(H,30,34)(H,31,35)/t14-,15+,16+,18+,22+/m1/s1. The summed E-state index contributed by atoms with van der Waals surface area (Å²) < 4.78 is 35.4. The molecule has 9 nitrogen and oxygen atoms in total. The number of carbonyl (C=O) groups excluding carboxylic acids is 3. The minimum atomic E-state index is -3.11. The maximum absolute atomic E-state index is 15.0. The first-order valence-electron chi connectivity index (χ1n) is 12.6. The van der Waals surface area contributed by atoms with Crippen molar-refractivity contribution in [3.63, 3.8) is 0 Å². The van der Waals surface area contributed by atoms with Crippen LogP contribution in [-0.2, 0) is 9.59 Å². The van der Waals surface area contributed by atoms with E-state index in [2.05, 4.69) is 15.6 Å². The molecule has 6 rings (SSSR count). The van der Waals surface area contributed by atoms with Crippen molar-refractivity contribution in [1.29, 1.82) is 5.26 Å². The van der Waals surface area contributed by atoms with Gasteiger partial charge in [-0.3, -0.25) is 14.4 Å². The van der Waals surface area contributed by atoms with Gasteiger partial charge < -0.3 is 25.3 Å². The molecule has 0 radical (unpaired) electrons. The fraction of sp³-hybridized carbons (Fsp3) is 0.538.